The van der Waals surface area contributed by atoms with Crippen molar-refractivity contribution >= 4 is 44.8 Å². The molecule has 5 heteroatoms. The lowest BCUT2D eigenvalue weighted by atomic mass is 10.1. The second-order valence-electron chi connectivity index (χ2n) is 4.61. The second-order valence-corrected chi connectivity index (χ2v) is 5.87. The monoisotopic (exact) mass is 352 g/mol. The van der Waals surface area contributed by atoms with Crippen LogP contribution in [-0.4, -0.2) is 5.91 Å². The van der Waals surface area contributed by atoms with E-state index >= 15 is 0 Å². The molecule has 0 bridgehead atoms. The van der Waals surface area contributed by atoms with Crippen molar-refractivity contribution < 1.29 is 4.79 Å². The molecule has 2 rings (SSSR count). The number of nitrogens with two attached hydrogens (primary N) is 1. The smallest absolute Gasteiger partial charge is 0.255 e. The van der Waals surface area contributed by atoms with Crippen molar-refractivity contribution in [2.45, 2.75) is 13.8 Å². The third-order valence-corrected chi connectivity index (χ3v) is 4.09. The summed E-state index contributed by atoms with van der Waals surface area (Å²) in [5.41, 5.74) is 9.43. The summed E-state index contributed by atoms with van der Waals surface area (Å²) in [6.45, 7) is 3.77. The molecule has 104 valence electrons. The molecule has 1 amide bonds. The van der Waals surface area contributed by atoms with Gasteiger partial charge in [0.05, 0.1) is 5.69 Å². The summed E-state index contributed by atoms with van der Waals surface area (Å²) in [5, 5.41) is 3.44. The highest BCUT2D eigenvalue weighted by atomic mass is 79.9. The van der Waals surface area contributed by atoms with Crippen LogP contribution >= 0.6 is 27.5 Å². The van der Waals surface area contributed by atoms with Gasteiger partial charge in [0.25, 0.3) is 5.91 Å². The molecular formula is C15H14BrClN2O. The zero-order valence-corrected chi connectivity index (χ0v) is 13.5. The van der Waals surface area contributed by atoms with Gasteiger partial charge in [-0.15, -0.1) is 0 Å². The van der Waals surface area contributed by atoms with Crippen molar-refractivity contribution in [2.24, 2.45) is 0 Å². The third kappa shape index (κ3) is 3.14. The molecule has 2 aromatic rings. The van der Waals surface area contributed by atoms with Gasteiger partial charge >= 0.3 is 0 Å². The average Bonchev–Trinajstić information content (AvgIpc) is 2.39. The summed E-state index contributed by atoms with van der Waals surface area (Å²) in [6.07, 6.45) is 0. The van der Waals surface area contributed by atoms with Crippen LogP contribution in [0.3, 0.4) is 0 Å². The Bertz CT molecular complexity index is 686. The fourth-order valence-electron chi connectivity index (χ4n) is 1.75. The topological polar surface area (TPSA) is 55.1 Å². The normalized spacial score (nSPS) is 10.4. The number of nitrogen functional groups attached to an aromatic ring is 1. The lowest BCUT2D eigenvalue weighted by molar-refractivity contribution is 0.102. The number of benzene rings is 2. The van der Waals surface area contributed by atoms with Gasteiger partial charge in [-0.2, -0.15) is 0 Å². The van der Waals surface area contributed by atoms with Crippen molar-refractivity contribution in [1.82, 2.24) is 0 Å². The van der Waals surface area contributed by atoms with Crippen LogP contribution < -0.4 is 11.1 Å². The molecule has 0 atom stereocenters. The maximum atomic E-state index is 12.2. The molecule has 20 heavy (non-hydrogen) atoms. The van der Waals surface area contributed by atoms with Crippen LogP contribution in [0.5, 0.6) is 0 Å². The first-order valence-electron chi connectivity index (χ1n) is 6.01. The molecular weight excluding hydrogens is 340 g/mol. The third-order valence-electron chi connectivity index (χ3n) is 3.03. The van der Waals surface area contributed by atoms with E-state index < -0.39 is 0 Å². The van der Waals surface area contributed by atoms with Gasteiger partial charge in [-0.05, 0) is 71.2 Å². The van der Waals surface area contributed by atoms with E-state index in [2.05, 4.69) is 21.2 Å². The highest BCUT2D eigenvalue weighted by molar-refractivity contribution is 9.10. The molecule has 2 aromatic carbocycles. The van der Waals surface area contributed by atoms with Crippen molar-refractivity contribution in [3.63, 3.8) is 0 Å². The predicted octanol–water partition coefficient (Wildman–Crippen LogP) is 4.55. The minimum atomic E-state index is -0.200. The molecule has 0 aliphatic carbocycles. The van der Waals surface area contributed by atoms with Gasteiger partial charge in [-0.25, -0.2) is 0 Å². The number of halogens is 2. The standard InChI is InChI=1S/C15H14BrClN2O/c1-8-6-11(16)14(7-12(8)17)19-15(20)10-3-4-13(18)9(2)5-10/h3-7H,18H2,1-2H3,(H,19,20). The highest BCUT2D eigenvalue weighted by Crippen LogP contribution is 2.29. The first kappa shape index (κ1) is 14.9. The fraction of sp³-hybridized carbons (Fsp3) is 0.133. The van der Waals surface area contributed by atoms with Crippen LogP contribution in [-0.2, 0) is 0 Å². The van der Waals surface area contributed by atoms with E-state index in [1.807, 2.05) is 19.9 Å². The molecule has 0 saturated carbocycles. The Balaban J connectivity index is 2.27. The first-order chi connectivity index (χ1) is 9.38. The molecule has 0 unspecified atom stereocenters. The Morgan fingerprint density at radius 2 is 1.90 bits per heavy atom. The molecule has 0 aromatic heterocycles. The zero-order valence-electron chi connectivity index (χ0n) is 11.1. The maximum Gasteiger partial charge on any atom is 0.255 e. The van der Waals surface area contributed by atoms with Gasteiger partial charge in [-0.1, -0.05) is 11.6 Å². The molecule has 0 heterocycles. The molecule has 3 nitrogen and oxygen atoms in total. The Morgan fingerprint density at radius 3 is 2.55 bits per heavy atom. The zero-order chi connectivity index (χ0) is 14.9. The fourth-order valence-corrected chi connectivity index (χ4v) is 2.47. The molecule has 3 N–H and O–H groups in total. The number of hydrogen-bond acceptors (Lipinski definition) is 2. The summed E-state index contributed by atoms with van der Waals surface area (Å²) in [6, 6.07) is 8.77. The van der Waals surface area contributed by atoms with Crippen LogP contribution in [0.1, 0.15) is 21.5 Å². The molecule has 0 spiro atoms. The van der Waals surface area contributed by atoms with Gasteiger partial charge in [0.1, 0.15) is 0 Å². The van der Waals surface area contributed by atoms with Crippen molar-refractivity contribution in [3.8, 4) is 0 Å². The van der Waals surface area contributed by atoms with Crippen LogP contribution in [0.2, 0.25) is 5.02 Å². The van der Waals surface area contributed by atoms with Crippen LogP contribution in [0.25, 0.3) is 0 Å². The number of carbonyl (C=O) groups is 1. The summed E-state index contributed by atoms with van der Waals surface area (Å²) in [5.74, 6) is -0.200. The van der Waals surface area contributed by atoms with E-state index in [1.165, 1.54) is 0 Å². The number of hydrogen-bond donors (Lipinski definition) is 2. The quantitative estimate of drug-likeness (QED) is 0.778. The summed E-state index contributed by atoms with van der Waals surface area (Å²) in [4.78, 5) is 12.2. The average molecular weight is 354 g/mol. The maximum absolute atomic E-state index is 12.2. The Labute approximate surface area is 131 Å². The van der Waals surface area contributed by atoms with Crippen LogP contribution in [0.4, 0.5) is 11.4 Å². The first-order valence-corrected chi connectivity index (χ1v) is 7.18. The molecule has 0 radical (unpaired) electrons. The largest absolute Gasteiger partial charge is 0.399 e. The lowest BCUT2D eigenvalue weighted by Gasteiger charge is -2.10. The van der Waals surface area contributed by atoms with Gasteiger partial charge in [0.2, 0.25) is 0 Å². The van der Waals surface area contributed by atoms with Crippen LogP contribution in [0, 0.1) is 13.8 Å². The minimum Gasteiger partial charge on any atom is -0.399 e. The SMILES string of the molecule is Cc1cc(C(=O)Nc2cc(Cl)c(C)cc2Br)ccc1N. The highest BCUT2D eigenvalue weighted by Gasteiger charge is 2.11. The summed E-state index contributed by atoms with van der Waals surface area (Å²) >= 11 is 9.49. The van der Waals surface area contributed by atoms with Crippen molar-refractivity contribution in [3.05, 3.63) is 56.5 Å². The van der Waals surface area contributed by atoms with Crippen LogP contribution in [0.15, 0.2) is 34.8 Å². The van der Waals surface area contributed by atoms with Gasteiger partial charge in [-0.3, -0.25) is 4.79 Å². The minimum absolute atomic E-state index is 0.200. The molecule has 0 saturated heterocycles. The number of nitrogens with one attached hydrogen (secondary N) is 1. The predicted molar refractivity (Wildman–Crippen MR) is 87.4 cm³/mol. The Hall–Kier alpha value is -1.52. The van der Waals surface area contributed by atoms with Crippen molar-refractivity contribution in [1.29, 1.82) is 0 Å². The second kappa shape index (κ2) is 5.85. The van der Waals surface area contributed by atoms with Gasteiger partial charge in [0.15, 0.2) is 0 Å². The van der Waals surface area contributed by atoms with E-state index in [9.17, 15) is 4.79 Å². The lowest BCUT2D eigenvalue weighted by Crippen LogP contribution is -2.13. The summed E-state index contributed by atoms with van der Waals surface area (Å²) < 4.78 is 0.792. The Morgan fingerprint density at radius 1 is 1.20 bits per heavy atom. The van der Waals surface area contributed by atoms with E-state index in [1.54, 1.807) is 24.3 Å². The number of amides is 1. The van der Waals surface area contributed by atoms with Gasteiger partial charge in [0, 0.05) is 20.7 Å². The van der Waals surface area contributed by atoms with E-state index in [4.69, 9.17) is 17.3 Å². The Kier molecular flexibility index (Phi) is 4.35. The van der Waals surface area contributed by atoms with E-state index in [0.717, 1.165) is 15.6 Å². The molecule has 0 aliphatic heterocycles. The van der Waals surface area contributed by atoms with Crippen molar-refractivity contribution in [2.75, 3.05) is 11.1 Å². The van der Waals surface area contributed by atoms with E-state index in [-0.39, 0.29) is 5.91 Å². The number of carbonyl (C=O) groups excluding carboxylic acids is 1. The molecule has 0 fully saturated rings. The number of rotatable bonds is 2. The van der Waals surface area contributed by atoms with E-state index in [0.29, 0.717) is 22.0 Å². The number of aryl methyl sites for hydroxylation is 2. The summed E-state index contributed by atoms with van der Waals surface area (Å²) in [7, 11) is 0. The molecule has 0 aliphatic rings. The van der Waals surface area contributed by atoms with Gasteiger partial charge < -0.3 is 11.1 Å². The number of anilines is 2.